The standard InChI is InChI=1S/C28H25N3/c1-20(21-12-5-3-6-13-21)31(2)28-26-18-10-9-17-25(26)27(29-30-28)24-19-11-15-22-14-7-4-8-16-23(22)24/h3-7,9-20H,8H2,1-2H3. The highest BCUT2D eigenvalue weighted by atomic mass is 15.3. The van der Waals surface area contributed by atoms with Crippen LogP contribution in [0.1, 0.15) is 24.9 Å². The lowest BCUT2D eigenvalue weighted by Crippen LogP contribution is -2.26. The first kappa shape index (κ1) is 19.3. The van der Waals surface area contributed by atoms with Crippen molar-refractivity contribution in [3.8, 4) is 11.3 Å². The van der Waals surface area contributed by atoms with E-state index in [1.54, 1.807) is 0 Å². The van der Waals surface area contributed by atoms with Crippen LogP contribution in [0, 0.1) is 0 Å². The summed E-state index contributed by atoms with van der Waals surface area (Å²) in [5, 5.41) is 14.2. The Labute approximate surface area is 182 Å². The number of allylic oxidation sites excluding steroid dienone is 2. The average Bonchev–Trinajstić information content (AvgIpc) is 3.09. The first-order valence-corrected chi connectivity index (χ1v) is 10.7. The Hall–Kier alpha value is -3.72. The number of benzene rings is 3. The van der Waals surface area contributed by atoms with Crippen LogP contribution in [0.25, 0.3) is 34.2 Å². The molecule has 1 aromatic heterocycles. The number of fused-ring (bicyclic) bond motifs is 2. The molecule has 3 heteroatoms. The minimum Gasteiger partial charge on any atom is -0.351 e. The molecule has 1 aliphatic rings. The van der Waals surface area contributed by atoms with E-state index in [9.17, 15) is 0 Å². The van der Waals surface area contributed by atoms with Crippen molar-refractivity contribution in [3.05, 3.63) is 101 Å². The van der Waals surface area contributed by atoms with Crippen LogP contribution in [-0.2, 0) is 0 Å². The predicted octanol–water partition coefficient (Wildman–Crippen LogP) is 5.02. The lowest BCUT2D eigenvalue weighted by molar-refractivity contribution is 0.725. The second-order valence-electron chi connectivity index (χ2n) is 7.96. The number of anilines is 1. The van der Waals surface area contributed by atoms with Crippen molar-refractivity contribution in [2.75, 3.05) is 11.9 Å². The van der Waals surface area contributed by atoms with Gasteiger partial charge in [-0.1, -0.05) is 97.1 Å². The third-order valence-electron chi connectivity index (χ3n) is 6.13. The molecule has 1 atom stereocenters. The van der Waals surface area contributed by atoms with Gasteiger partial charge in [0.05, 0.1) is 6.04 Å². The molecule has 1 heterocycles. The first-order chi connectivity index (χ1) is 15.2. The van der Waals surface area contributed by atoms with Crippen LogP contribution >= 0.6 is 0 Å². The van der Waals surface area contributed by atoms with Gasteiger partial charge in [0.25, 0.3) is 0 Å². The summed E-state index contributed by atoms with van der Waals surface area (Å²) >= 11 is 0. The zero-order valence-electron chi connectivity index (χ0n) is 17.9. The molecule has 0 bridgehead atoms. The van der Waals surface area contributed by atoms with Gasteiger partial charge in [-0.15, -0.1) is 10.2 Å². The second kappa shape index (κ2) is 8.19. The molecule has 0 amide bonds. The highest BCUT2D eigenvalue weighted by Gasteiger charge is 2.19. The SMILES string of the molecule is CC(c1ccccc1)N(C)c1nnc(-c2cccc3c2=CCC=CC=3)c2ccccc12. The van der Waals surface area contributed by atoms with E-state index in [2.05, 4.69) is 110 Å². The molecule has 0 radical (unpaired) electrons. The maximum absolute atomic E-state index is 4.77. The topological polar surface area (TPSA) is 29.0 Å². The zero-order valence-corrected chi connectivity index (χ0v) is 17.9. The fourth-order valence-corrected chi connectivity index (χ4v) is 4.29. The Morgan fingerprint density at radius 1 is 0.839 bits per heavy atom. The van der Waals surface area contributed by atoms with Crippen molar-refractivity contribution in [2.45, 2.75) is 19.4 Å². The van der Waals surface area contributed by atoms with Crippen molar-refractivity contribution in [1.29, 1.82) is 0 Å². The maximum Gasteiger partial charge on any atom is 0.159 e. The summed E-state index contributed by atoms with van der Waals surface area (Å²) in [6.07, 6.45) is 9.66. The molecular formula is C28H25N3. The van der Waals surface area contributed by atoms with Gasteiger partial charge in [0.15, 0.2) is 5.82 Å². The molecule has 0 N–H and O–H groups in total. The largest absolute Gasteiger partial charge is 0.351 e. The molecule has 3 nitrogen and oxygen atoms in total. The quantitative estimate of drug-likeness (QED) is 0.479. The molecule has 1 aliphatic carbocycles. The Morgan fingerprint density at radius 3 is 2.45 bits per heavy atom. The predicted molar refractivity (Wildman–Crippen MR) is 130 cm³/mol. The highest BCUT2D eigenvalue weighted by Crippen LogP contribution is 2.33. The molecule has 0 spiro atoms. The fraction of sp³-hybridized carbons (Fsp3) is 0.143. The maximum atomic E-state index is 4.77. The molecule has 31 heavy (non-hydrogen) atoms. The summed E-state index contributed by atoms with van der Waals surface area (Å²) in [4.78, 5) is 2.21. The van der Waals surface area contributed by atoms with Gasteiger partial charge >= 0.3 is 0 Å². The lowest BCUT2D eigenvalue weighted by Gasteiger charge is -2.27. The van der Waals surface area contributed by atoms with E-state index >= 15 is 0 Å². The molecule has 3 aromatic carbocycles. The summed E-state index contributed by atoms with van der Waals surface area (Å²) in [5.41, 5.74) is 3.32. The minimum atomic E-state index is 0.187. The highest BCUT2D eigenvalue weighted by molar-refractivity contribution is 6.00. The summed E-state index contributed by atoms with van der Waals surface area (Å²) in [5.74, 6) is 0.898. The average molecular weight is 404 g/mol. The van der Waals surface area contributed by atoms with Crippen molar-refractivity contribution < 1.29 is 0 Å². The minimum absolute atomic E-state index is 0.187. The molecule has 0 aliphatic heterocycles. The molecular weight excluding hydrogens is 378 g/mol. The van der Waals surface area contributed by atoms with Crippen molar-refractivity contribution in [2.24, 2.45) is 0 Å². The first-order valence-electron chi connectivity index (χ1n) is 10.7. The summed E-state index contributed by atoms with van der Waals surface area (Å²) < 4.78 is 0. The van der Waals surface area contributed by atoms with E-state index in [0.29, 0.717) is 0 Å². The van der Waals surface area contributed by atoms with Crippen LogP contribution < -0.4 is 15.3 Å². The van der Waals surface area contributed by atoms with Gasteiger partial charge in [0, 0.05) is 23.4 Å². The van der Waals surface area contributed by atoms with Gasteiger partial charge in [-0.05, 0) is 29.3 Å². The van der Waals surface area contributed by atoms with E-state index in [1.807, 2.05) is 6.07 Å². The molecule has 4 aromatic rings. The summed E-state index contributed by atoms with van der Waals surface area (Å²) in [6.45, 7) is 2.20. The zero-order chi connectivity index (χ0) is 21.2. The smallest absolute Gasteiger partial charge is 0.159 e. The van der Waals surface area contributed by atoms with Crippen LogP contribution in [0.2, 0.25) is 0 Å². The fourth-order valence-electron chi connectivity index (χ4n) is 4.29. The van der Waals surface area contributed by atoms with Crippen molar-refractivity contribution >= 4 is 28.7 Å². The lowest BCUT2D eigenvalue weighted by atomic mass is 10.0. The number of hydrogen-bond donors (Lipinski definition) is 0. The van der Waals surface area contributed by atoms with E-state index in [4.69, 9.17) is 10.2 Å². The second-order valence-corrected chi connectivity index (χ2v) is 7.96. The van der Waals surface area contributed by atoms with Crippen LogP contribution in [-0.4, -0.2) is 17.2 Å². The van der Waals surface area contributed by atoms with Crippen molar-refractivity contribution in [1.82, 2.24) is 10.2 Å². The van der Waals surface area contributed by atoms with Crippen LogP contribution in [0.15, 0.2) is 84.9 Å². The monoisotopic (exact) mass is 403 g/mol. The van der Waals surface area contributed by atoms with Gasteiger partial charge in [0.1, 0.15) is 5.69 Å². The van der Waals surface area contributed by atoms with Crippen LogP contribution in [0.5, 0.6) is 0 Å². The van der Waals surface area contributed by atoms with E-state index in [1.165, 1.54) is 16.0 Å². The number of hydrogen-bond acceptors (Lipinski definition) is 3. The molecule has 5 rings (SSSR count). The summed E-state index contributed by atoms with van der Waals surface area (Å²) in [7, 11) is 2.09. The van der Waals surface area contributed by atoms with Gasteiger partial charge in [-0.3, -0.25) is 0 Å². The van der Waals surface area contributed by atoms with Crippen LogP contribution in [0.3, 0.4) is 0 Å². The molecule has 152 valence electrons. The third kappa shape index (κ3) is 3.53. The van der Waals surface area contributed by atoms with E-state index in [0.717, 1.165) is 34.3 Å². The Kier molecular flexibility index (Phi) is 5.09. The molecule has 0 saturated carbocycles. The normalized spacial score (nSPS) is 13.6. The number of nitrogens with zero attached hydrogens (tertiary/aromatic N) is 3. The Morgan fingerprint density at radius 2 is 1.61 bits per heavy atom. The van der Waals surface area contributed by atoms with Gasteiger partial charge in [-0.25, -0.2) is 0 Å². The summed E-state index contributed by atoms with van der Waals surface area (Å²) in [6, 6.07) is 25.6. The van der Waals surface area contributed by atoms with Crippen LogP contribution in [0.4, 0.5) is 5.82 Å². The molecule has 1 unspecified atom stereocenters. The Bertz CT molecular complexity index is 1390. The molecule has 0 saturated heterocycles. The number of rotatable bonds is 4. The third-order valence-corrected chi connectivity index (χ3v) is 6.13. The Balaban J connectivity index is 1.68. The van der Waals surface area contributed by atoms with Gasteiger partial charge < -0.3 is 4.90 Å². The van der Waals surface area contributed by atoms with Gasteiger partial charge in [0.2, 0.25) is 0 Å². The van der Waals surface area contributed by atoms with Gasteiger partial charge in [-0.2, -0.15) is 0 Å². The molecule has 0 fully saturated rings. The van der Waals surface area contributed by atoms with E-state index < -0.39 is 0 Å². The van der Waals surface area contributed by atoms with Crippen molar-refractivity contribution in [3.63, 3.8) is 0 Å². The number of aromatic nitrogens is 2. The van der Waals surface area contributed by atoms with E-state index in [-0.39, 0.29) is 6.04 Å².